The van der Waals surface area contributed by atoms with Gasteiger partial charge in [-0.1, -0.05) is 17.8 Å². The Bertz CT molecular complexity index is 682. The van der Waals surface area contributed by atoms with Crippen molar-refractivity contribution in [2.24, 2.45) is 0 Å². The van der Waals surface area contributed by atoms with E-state index in [0.29, 0.717) is 16.5 Å². The number of thioether (sulfide) groups is 1. The van der Waals surface area contributed by atoms with E-state index in [1.165, 1.54) is 31.1 Å². The quantitative estimate of drug-likeness (QED) is 0.518. The largest absolute Gasteiger partial charge is 0.496 e. The summed E-state index contributed by atoms with van der Waals surface area (Å²) >= 11 is 1.19. The van der Waals surface area contributed by atoms with Crippen LogP contribution in [0.3, 0.4) is 0 Å². The summed E-state index contributed by atoms with van der Waals surface area (Å²) in [6.45, 7) is 1.93. The van der Waals surface area contributed by atoms with E-state index in [2.05, 4.69) is 9.97 Å². The number of nitrogens with zero attached hydrogens (tertiary/aromatic N) is 1. The molecule has 1 heterocycles. The number of benzene rings is 1. The molecule has 1 aromatic heterocycles. The zero-order valence-electron chi connectivity index (χ0n) is 11.2. The maximum atomic E-state index is 12.2. The first kappa shape index (κ1) is 14.3. The molecule has 0 aliphatic rings. The van der Waals surface area contributed by atoms with Crippen LogP contribution in [0.1, 0.15) is 15.9 Å². The second kappa shape index (κ2) is 6.38. The Morgan fingerprint density at radius 1 is 1.40 bits per heavy atom. The Morgan fingerprint density at radius 2 is 2.20 bits per heavy atom. The summed E-state index contributed by atoms with van der Waals surface area (Å²) in [7, 11) is 1.54. The fraction of sp³-hybridized carbons (Fsp3) is 0.214. The summed E-state index contributed by atoms with van der Waals surface area (Å²) in [5, 5.41) is 0.428. The molecule has 2 rings (SSSR count). The standard InChI is InChI=1S/C14H14N2O3S/c1-9-3-4-10(12(7-9)19-2)11(17)8-20-14-15-6-5-13(18)16-14/h3-7H,8H2,1-2H3,(H,15,16,18). The van der Waals surface area contributed by atoms with Crippen LogP contribution < -0.4 is 10.3 Å². The predicted molar refractivity (Wildman–Crippen MR) is 77.6 cm³/mol. The van der Waals surface area contributed by atoms with Gasteiger partial charge in [0.15, 0.2) is 10.9 Å². The molecule has 0 fully saturated rings. The number of carbonyl (C=O) groups is 1. The van der Waals surface area contributed by atoms with Crippen LogP contribution in [0.2, 0.25) is 0 Å². The van der Waals surface area contributed by atoms with Crippen molar-refractivity contribution in [1.29, 1.82) is 0 Å². The highest BCUT2D eigenvalue weighted by Crippen LogP contribution is 2.22. The van der Waals surface area contributed by atoms with Crippen LogP contribution in [-0.4, -0.2) is 28.6 Å². The highest BCUT2D eigenvalue weighted by atomic mass is 32.2. The van der Waals surface area contributed by atoms with Gasteiger partial charge >= 0.3 is 0 Å². The van der Waals surface area contributed by atoms with E-state index in [-0.39, 0.29) is 17.1 Å². The smallest absolute Gasteiger partial charge is 0.251 e. The number of methoxy groups -OCH3 is 1. The summed E-state index contributed by atoms with van der Waals surface area (Å²) in [6.07, 6.45) is 1.41. The molecule has 0 spiro atoms. The van der Waals surface area contributed by atoms with Crippen LogP contribution in [0.25, 0.3) is 0 Å². The lowest BCUT2D eigenvalue weighted by atomic mass is 10.1. The topological polar surface area (TPSA) is 72.0 Å². The first-order chi connectivity index (χ1) is 9.60. The molecule has 2 aromatic rings. The number of aromatic nitrogens is 2. The first-order valence-corrected chi connectivity index (χ1v) is 6.94. The number of carbonyl (C=O) groups excluding carboxylic acids is 1. The van der Waals surface area contributed by atoms with E-state index < -0.39 is 0 Å². The molecule has 104 valence electrons. The molecular weight excluding hydrogens is 276 g/mol. The monoisotopic (exact) mass is 290 g/mol. The van der Waals surface area contributed by atoms with Gasteiger partial charge in [0.1, 0.15) is 5.75 Å². The number of H-pyrrole nitrogens is 1. The van der Waals surface area contributed by atoms with Crippen LogP contribution in [0.5, 0.6) is 5.75 Å². The molecule has 0 aliphatic heterocycles. The van der Waals surface area contributed by atoms with Crippen LogP contribution in [0.4, 0.5) is 0 Å². The third-order valence-corrected chi connectivity index (χ3v) is 3.53. The van der Waals surface area contributed by atoms with Gasteiger partial charge in [0.25, 0.3) is 5.56 Å². The fourth-order valence-electron chi connectivity index (χ4n) is 1.67. The summed E-state index contributed by atoms with van der Waals surface area (Å²) < 4.78 is 5.21. The second-order valence-corrected chi connectivity index (χ2v) is 5.12. The van der Waals surface area contributed by atoms with Crippen molar-refractivity contribution in [2.75, 3.05) is 12.9 Å². The Balaban J connectivity index is 2.11. The number of ether oxygens (including phenoxy) is 1. The third-order valence-electron chi connectivity index (χ3n) is 2.65. The second-order valence-electron chi connectivity index (χ2n) is 4.15. The van der Waals surface area contributed by atoms with Gasteiger partial charge < -0.3 is 9.72 Å². The zero-order chi connectivity index (χ0) is 14.5. The maximum Gasteiger partial charge on any atom is 0.251 e. The SMILES string of the molecule is COc1cc(C)ccc1C(=O)CSc1nccc(=O)[nH]1. The molecule has 1 N–H and O–H groups in total. The Hall–Kier alpha value is -2.08. The highest BCUT2D eigenvalue weighted by Gasteiger charge is 2.13. The summed E-state index contributed by atoms with van der Waals surface area (Å²) in [5.41, 5.74) is 1.33. The average molecular weight is 290 g/mol. The normalized spacial score (nSPS) is 10.3. The van der Waals surface area contributed by atoms with Gasteiger partial charge in [-0.25, -0.2) is 4.98 Å². The molecule has 0 bridgehead atoms. The minimum Gasteiger partial charge on any atom is -0.496 e. The Kier molecular flexibility index (Phi) is 4.57. The number of rotatable bonds is 5. The van der Waals surface area contributed by atoms with Gasteiger partial charge in [0.2, 0.25) is 0 Å². The van der Waals surface area contributed by atoms with E-state index in [9.17, 15) is 9.59 Å². The lowest BCUT2D eigenvalue weighted by molar-refractivity contribution is 0.101. The number of aromatic amines is 1. The van der Waals surface area contributed by atoms with Crippen molar-refractivity contribution in [1.82, 2.24) is 9.97 Å². The fourth-order valence-corrected chi connectivity index (χ4v) is 2.40. The van der Waals surface area contributed by atoms with E-state index in [1.807, 2.05) is 19.1 Å². The Morgan fingerprint density at radius 3 is 2.90 bits per heavy atom. The molecule has 0 atom stereocenters. The molecule has 20 heavy (non-hydrogen) atoms. The summed E-state index contributed by atoms with van der Waals surface area (Å²) in [6, 6.07) is 6.76. The van der Waals surface area contributed by atoms with Crippen LogP contribution >= 0.6 is 11.8 Å². The number of nitrogens with one attached hydrogen (secondary N) is 1. The maximum absolute atomic E-state index is 12.2. The van der Waals surface area contributed by atoms with E-state index >= 15 is 0 Å². The van der Waals surface area contributed by atoms with Crippen molar-refractivity contribution in [3.63, 3.8) is 0 Å². The molecule has 0 aliphatic carbocycles. The predicted octanol–water partition coefficient (Wildman–Crippen LogP) is 2.06. The molecular formula is C14H14N2O3S. The van der Waals surface area contributed by atoms with E-state index in [4.69, 9.17) is 4.74 Å². The van der Waals surface area contributed by atoms with Crippen molar-refractivity contribution < 1.29 is 9.53 Å². The number of aryl methyl sites for hydroxylation is 1. The minimum atomic E-state index is -0.233. The zero-order valence-corrected chi connectivity index (χ0v) is 12.0. The van der Waals surface area contributed by atoms with Crippen molar-refractivity contribution in [3.05, 3.63) is 51.9 Å². The van der Waals surface area contributed by atoms with Crippen LogP contribution in [0, 0.1) is 6.92 Å². The molecule has 1 aromatic carbocycles. The summed E-state index contributed by atoms with van der Waals surface area (Å²) in [5.74, 6) is 0.676. The highest BCUT2D eigenvalue weighted by molar-refractivity contribution is 7.99. The van der Waals surface area contributed by atoms with Crippen molar-refractivity contribution in [3.8, 4) is 5.75 Å². The number of Topliss-reactive ketones (excluding diaryl/α,β-unsaturated/α-hetero) is 1. The minimum absolute atomic E-state index is 0.0710. The van der Waals surface area contributed by atoms with Gasteiger partial charge in [-0.05, 0) is 24.6 Å². The number of ketones is 1. The van der Waals surface area contributed by atoms with Gasteiger partial charge in [0.05, 0.1) is 18.4 Å². The van der Waals surface area contributed by atoms with Gasteiger partial charge in [-0.15, -0.1) is 0 Å². The Labute approximate surface area is 120 Å². The number of hydrogen-bond donors (Lipinski definition) is 1. The molecule has 0 radical (unpaired) electrons. The molecule has 0 amide bonds. The average Bonchev–Trinajstić information content (AvgIpc) is 2.44. The van der Waals surface area contributed by atoms with E-state index in [0.717, 1.165) is 5.56 Å². The van der Waals surface area contributed by atoms with Gasteiger partial charge in [-0.3, -0.25) is 9.59 Å². The number of hydrogen-bond acceptors (Lipinski definition) is 5. The third kappa shape index (κ3) is 3.48. The van der Waals surface area contributed by atoms with E-state index in [1.54, 1.807) is 6.07 Å². The molecule has 0 unspecified atom stereocenters. The van der Waals surface area contributed by atoms with Crippen molar-refractivity contribution >= 4 is 17.5 Å². The van der Waals surface area contributed by atoms with Gasteiger partial charge in [-0.2, -0.15) is 0 Å². The molecule has 0 saturated carbocycles. The summed E-state index contributed by atoms with van der Waals surface area (Å²) in [4.78, 5) is 29.9. The lowest BCUT2D eigenvalue weighted by Gasteiger charge is -2.08. The molecule has 6 heteroatoms. The van der Waals surface area contributed by atoms with Crippen LogP contribution in [-0.2, 0) is 0 Å². The first-order valence-electron chi connectivity index (χ1n) is 5.96. The lowest BCUT2D eigenvalue weighted by Crippen LogP contribution is -2.08. The van der Waals surface area contributed by atoms with Gasteiger partial charge in [0, 0.05) is 12.3 Å². The van der Waals surface area contributed by atoms with Crippen LogP contribution in [0.15, 0.2) is 40.4 Å². The molecule has 0 saturated heterocycles. The molecule has 5 nitrogen and oxygen atoms in total. The van der Waals surface area contributed by atoms with Crippen molar-refractivity contribution in [2.45, 2.75) is 12.1 Å².